The van der Waals surface area contributed by atoms with Gasteiger partial charge in [0, 0.05) is 33.8 Å². The van der Waals surface area contributed by atoms with Crippen LogP contribution in [0.1, 0.15) is 52.0 Å². The van der Waals surface area contributed by atoms with Crippen LogP contribution in [0.15, 0.2) is 170 Å². The molecule has 1 aliphatic heterocycles. The van der Waals surface area contributed by atoms with Gasteiger partial charge in [-0.15, -0.1) is 0 Å². The van der Waals surface area contributed by atoms with Crippen molar-refractivity contribution in [3.05, 3.63) is 198 Å². The summed E-state index contributed by atoms with van der Waals surface area (Å²) in [6, 6.07) is 55.7. The molecule has 0 radical (unpaired) electrons. The third-order valence-electron chi connectivity index (χ3n) is 13.2. The van der Waals surface area contributed by atoms with Crippen molar-refractivity contribution in [2.75, 3.05) is 4.90 Å². The zero-order chi connectivity index (χ0) is 35.1. The Morgan fingerprint density at radius 1 is 0.481 bits per heavy atom. The molecule has 4 aliphatic carbocycles. The normalized spacial score (nSPS) is 20.6. The zero-order valence-corrected chi connectivity index (χ0v) is 29.8. The Balaban J connectivity index is 1.01. The molecule has 0 N–H and O–H groups in total. The van der Waals surface area contributed by atoms with E-state index in [4.69, 9.17) is 0 Å². The molecular weight excluding hydrogens is 653 g/mol. The average molecular weight is 689 g/mol. The topological polar surface area (TPSA) is 8.17 Å². The molecule has 4 unspecified atom stereocenters. The maximum Gasteiger partial charge on any atom is 0.0629 e. The van der Waals surface area contributed by atoms with Crippen LogP contribution in [-0.4, -0.2) is 10.6 Å². The average Bonchev–Trinajstić information content (AvgIpc) is 3.73. The van der Waals surface area contributed by atoms with E-state index in [1.54, 1.807) is 0 Å². The van der Waals surface area contributed by atoms with Crippen LogP contribution in [0.2, 0.25) is 0 Å². The summed E-state index contributed by atoms with van der Waals surface area (Å²) in [7, 11) is 0. The van der Waals surface area contributed by atoms with Crippen LogP contribution < -0.4 is 4.90 Å². The lowest BCUT2D eigenvalue weighted by Gasteiger charge is -2.28. The van der Waals surface area contributed by atoms with Crippen molar-refractivity contribution in [2.24, 2.45) is 0 Å². The molecule has 4 atom stereocenters. The first-order chi connectivity index (χ1) is 26.8. The number of fused-ring (bicyclic) bond motifs is 15. The first kappa shape index (κ1) is 29.1. The Morgan fingerprint density at radius 2 is 1.30 bits per heavy atom. The number of para-hydroxylation sites is 2. The van der Waals surface area contributed by atoms with Gasteiger partial charge in [-0.25, -0.2) is 0 Å². The standard InChI is InChI=1S/C52H36N2/c1-2-12-34(13-3-1)53-48-19-8-6-15-40(48)45-30-51-46(29-50(45)53)41-16-7-9-20-49(41)54(51)35-22-24-39-43-28-44(43)42-18-10-17-38(52(42)47(39)27-35)32-21-23-37-33(26-32)25-31-11-4-5-14-36(31)37/h1-24,26-27,29-30,40,43-44,48H,25,28H2. The molecule has 1 aromatic heterocycles. The van der Waals surface area contributed by atoms with Crippen molar-refractivity contribution in [3.8, 4) is 39.1 Å². The van der Waals surface area contributed by atoms with Gasteiger partial charge in [0.15, 0.2) is 0 Å². The summed E-state index contributed by atoms with van der Waals surface area (Å²) < 4.78 is 2.54. The van der Waals surface area contributed by atoms with E-state index in [1.165, 1.54) is 106 Å². The lowest BCUT2D eigenvalue weighted by molar-refractivity contribution is 0.745. The summed E-state index contributed by atoms with van der Waals surface area (Å²) in [5.41, 5.74) is 21.9. The summed E-state index contributed by atoms with van der Waals surface area (Å²) in [5.74, 6) is 1.52. The van der Waals surface area contributed by atoms with E-state index < -0.39 is 0 Å². The molecule has 0 spiro atoms. The van der Waals surface area contributed by atoms with Crippen LogP contribution >= 0.6 is 0 Å². The Bertz CT molecular complexity index is 2980. The Kier molecular flexibility index (Phi) is 5.72. The summed E-state index contributed by atoms with van der Waals surface area (Å²) in [4.78, 5) is 2.55. The third-order valence-corrected chi connectivity index (χ3v) is 13.2. The van der Waals surface area contributed by atoms with E-state index in [-0.39, 0.29) is 6.04 Å². The van der Waals surface area contributed by atoms with Crippen LogP contribution in [0.3, 0.4) is 0 Å². The van der Waals surface area contributed by atoms with Crippen LogP contribution in [-0.2, 0) is 6.42 Å². The number of nitrogens with zero attached hydrogens (tertiary/aromatic N) is 2. The third kappa shape index (κ3) is 3.90. The second-order valence-electron chi connectivity index (χ2n) is 16.0. The molecule has 254 valence electrons. The summed E-state index contributed by atoms with van der Waals surface area (Å²) in [5, 5.41) is 2.60. The molecule has 1 fully saturated rings. The summed E-state index contributed by atoms with van der Waals surface area (Å²) in [6.07, 6.45) is 11.5. The van der Waals surface area contributed by atoms with Crippen molar-refractivity contribution >= 4 is 33.2 Å². The Morgan fingerprint density at radius 3 is 2.26 bits per heavy atom. The van der Waals surface area contributed by atoms with Crippen molar-refractivity contribution in [2.45, 2.75) is 36.6 Å². The smallest absolute Gasteiger partial charge is 0.0629 e. The van der Waals surface area contributed by atoms with Gasteiger partial charge >= 0.3 is 0 Å². The van der Waals surface area contributed by atoms with E-state index in [1.807, 2.05) is 0 Å². The van der Waals surface area contributed by atoms with Gasteiger partial charge in [-0.1, -0.05) is 127 Å². The highest BCUT2D eigenvalue weighted by Gasteiger charge is 2.46. The van der Waals surface area contributed by atoms with Crippen LogP contribution in [0.5, 0.6) is 0 Å². The fraction of sp³-hybridized carbons (Fsp3) is 0.115. The molecular formula is C52H36N2. The molecule has 2 heteroatoms. The lowest BCUT2D eigenvalue weighted by Crippen LogP contribution is -2.28. The fourth-order valence-corrected chi connectivity index (χ4v) is 10.8. The number of hydrogen-bond acceptors (Lipinski definition) is 1. The number of anilines is 2. The minimum Gasteiger partial charge on any atom is -0.333 e. The molecule has 5 aliphatic rings. The van der Waals surface area contributed by atoms with Gasteiger partial charge in [0.25, 0.3) is 0 Å². The first-order valence-corrected chi connectivity index (χ1v) is 19.5. The summed E-state index contributed by atoms with van der Waals surface area (Å²) in [6.45, 7) is 0. The van der Waals surface area contributed by atoms with Gasteiger partial charge in [0.2, 0.25) is 0 Å². The Hall–Kier alpha value is -6.38. The van der Waals surface area contributed by atoms with Crippen LogP contribution in [0.25, 0.3) is 60.9 Å². The van der Waals surface area contributed by atoms with E-state index in [0.717, 1.165) is 6.42 Å². The lowest BCUT2D eigenvalue weighted by atomic mass is 9.81. The highest BCUT2D eigenvalue weighted by Crippen LogP contribution is 2.64. The minimum absolute atomic E-state index is 0.261. The van der Waals surface area contributed by atoms with Gasteiger partial charge in [0.05, 0.1) is 17.1 Å². The number of benzene rings is 7. The molecule has 7 aromatic carbocycles. The molecule has 8 aromatic rings. The molecule has 54 heavy (non-hydrogen) atoms. The molecule has 0 bridgehead atoms. The van der Waals surface area contributed by atoms with Gasteiger partial charge in [-0.05, 0) is 128 Å². The maximum absolute atomic E-state index is 2.55. The van der Waals surface area contributed by atoms with Crippen molar-refractivity contribution in [1.82, 2.24) is 4.57 Å². The number of allylic oxidation sites excluding steroid dienone is 2. The first-order valence-electron chi connectivity index (χ1n) is 19.5. The Labute approximate surface area is 315 Å². The fourth-order valence-electron chi connectivity index (χ4n) is 10.8. The number of rotatable bonds is 3. The highest BCUT2D eigenvalue weighted by atomic mass is 15.2. The van der Waals surface area contributed by atoms with Gasteiger partial charge < -0.3 is 9.47 Å². The van der Waals surface area contributed by atoms with E-state index in [2.05, 4.69) is 179 Å². The quantitative estimate of drug-likeness (QED) is 0.179. The van der Waals surface area contributed by atoms with E-state index in [9.17, 15) is 0 Å². The molecule has 0 amide bonds. The predicted octanol–water partition coefficient (Wildman–Crippen LogP) is 13.0. The van der Waals surface area contributed by atoms with Crippen LogP contribution in [0.4, 0.5) is 11.4 Å². The van der Waals surface area contributed by atoms with Crippen molar-refractivity contribution in [1.29, 1.82) is 0 Å². The van der Waals surface area contributed by atoms with Crippen molar-refractivity contribution in [3.63, 3.8) is 0 Å². The molecule has 13 rings (SSSR count). The minimum atomic E-state index is 0.261. The van der Waals surface area contributed by atoms with Gasteiger partial charge in [0.1, 0.15) is 0 Å². The molecule has 1 saturated carbocycles. The predicted molar refractivity (Wildman–Crippen MR) is 223 cm³/mol. The van der Waals surface area contributed by atoms with Gasteiger partial charge in [-0.3, -0.25) is 0 Å². The largest absolute Gasteiger partial charge is 0.333 e. The van der Waals surface area contributed by atoms with E-state index >= 15 is 0 Å². The number of hydrogen-bond donors (Lipinski definition) is 0. The highest BCUT2D eigenvalue weighted by molar-refractivity contribution is 6.11. The monoisotopic (exact) mass is 688 g/mol. The van der Waals surface area contributed by atoms with Crippen LogP contribution in [0, 0.1) is 0 Å². The van der Waals surface area contributed by atoms with Gasteiger partial charge in [-0.2, -0.15) is 0 Å². The second kappa shape index (κ2) is 10.6. The summed E-state index contributed by atoms with van der Waals surface area (Å²) >= 11 is 0. The SMILES string of the molecule is C1=CC2c3cc4c(cc3N(c3ccccc3)C2C=C1)c1ccccc1n4-c1ccc2c(c1)-c1c(-c3ccc4c(c3)Cc3ccccc3-4)cccc1C1CC21. The maximum atomic E-state index is 2.55. The molecule has 2 nitrogen and oxygen atoms in total. The van der Waals surface area contributed by atoms with Crippen molar-refractivity contribution < 1.29 is 0 Å². The number of aromatic nitrogens is 1. The molecule has 0 saturated heterocycles. The zero-order valence-electron chi connectivity index (χ0n) is 29.8. The second-order valence-corrected chi connectivity index (χ2v) is 16.0. The van der Waals surface area contributed by atoms with E-state index in [0.29, 0.717) is 17.8 Å². The molecule has 2 heterocycles.